The summed E-state index contributed by atoms with van der Waals surface area (Å²) in [5, 5.41) is 5.63. The van der Waals surface area contributed by atoms with Gasteiger partial charge in [0.2, 0.25) is 0 Å². The van der Waals surface area contributed by atoms with E-state index in [1.54, 1.807) is 6.92 Å². The fourth-order valence-electron chi connectivity index (χ4n) is 1.76. The van der Waals surface area contributed by atoms with Crippen molar-refractivity contribution in [3.63, 3.8) is 0 Å². The summed E-state index contributed by atoms with van der Waals surface area (Å²) in [4.78, 5) is 0. The summed E-state index contributed by atoms with van der Waals surface area (Å²) in [6, 6.07) is 1.50. The summed E-state index contributed by atoms with van der Waals surface area (Å²) >= 11 is 11.3. The lowest BCUT2D eigenvalue weighted by Gasteiger charge is -2.27. The predicted octanol–water partition coefficient (Wildman–Crippen LogP) is 3.93. The van der Waals surface area contributed by atoms with E-state index < -0.39 is 23.4 Å². The third-order valence-corrected chi connectivity index (χ3v) is 3.08. The zero-order valence-corrected chi connectivity index (χ0v) is 10.6. The van der Waals surface area contributed by atoms with E-state index in [1.165, 1.54) is 12.3 Å². The smallest absolute Gasteiger partial charge is 0.282 e. The van der Waals surface area contributed by atoms with Crippen molar-refractivity contribution in [3.05, 3.63) is 18.0 Å². The predicted molar refractivity (Wildman–Crippen MR) is 61.5 cm³/mol. The molecule has 0 saturated heterocycles. The highest BCUT2D eigenvalue weighted by atomic mass is 35.5. The molecule has 1 N–H and O–H groups in total. The molecule has 0 aliphatic carbocycles. The second-order valence-electron chi connectivity index (χ2n) is 3.94. The van der Waals surface area contributed by atoms with Crippen molar-refractivity contribution >= 4 is 23.2 Å². The van der Waals surface area contributed by atoms with Crippen LogP contribution in [0.3, 0.4) is 0 Å². The fourth-order valence-corrected chi connectivity index (χ4v) is 2.33. The topological polar surface area (TPSA) is 28.7 Å². The molecule has 0 amide bonds. The van der Waals surface area contributed by atoms with Crippen LogP contribution in [-0.4, -0.2) is 27.6 Å². The van der Waals surface area contributed by atoms with Gasteiger partial charge in [0.1, 0.15) is 0 Å². The minimum Gasteiger partial charge on any atom is -0.282 e. The molecule has 3 atom stereocenters. The van der Waals surface area contributed by atoms with Crippen molar-refractivity contribution in [3.8, 4) is 0 Å². The third kappa shape index (κ3) is 4.07. The van der Waals surface area contributed by atoms with E-state index in [9.17, 15) is 13.2 Å². The van der Waals surface area contributed by atoms with Crippen molar-refractivity contribution in [1.29, 1.82) is 0 Å². The van der Waals surface area contributed by atoms with E-state index in [0.717, 1.165) is 0 Å². The Balaban J connectivity index is 2.94. The van der Waals surface area contributed by atoms with Gasteiger partial charge in [-0.3, -0.25) is 5.10 Å². The number of aromatic nitrogens is 2. The molecule has 0 aromatic carbocycles. The molecule has 0 aliphatic heterocycles. The Hall–Kier alpha value is -0.420. The largest absolute Gasteiger partial charge is 0.392 e. The second-order valence-corrected chi connectivity index (χ2v) is 4.99. The van der Waals surface area contributed by atoms with Crippen LogP contribution >= 0.6 is 23.2 Å². The highest BCUT2D eigenvalue weighted by Gasteiger charge is 2.45. The first-order chi connectivity index (χ1) is 7.86. The Morgan fingerprint density at radius 3 is 2.47 bits per heavy atom. The van der Waals surface area contributed by atoms with Gasteiger partial charge in [0.25, 0.3) is 0 Å². The van der Waals surface area contributed by atoms with Gasteiger partial charge in [-0.2, -0.15) is 18.3 Å². The lowest BCUT2D eigenvalue weighted by Crippen LogP contribution is -2.32. The van der Waals surface area contributed by atoms with Gasteiger partial charge in [0.15, 0.2) is 0 Å². The number of rotatable bonds is 5. The van der Waals surface area contributed by atoms with Gasteiger partial charge in [-0.05, 0) is 19.4 Å². The Kier molecular flexibility index (Phi) is 5.13. The molecule has 0 fully saturated rings. The molecular weight excluding hydrogens is 276 g/mol. The van der Waals surface area contributed by atoms with Crippen molar-refractivity contribution in [2.24, 2.45) is 5.92 Å². The number of nitrogens with zero attached hydrogens (tertiary/aromatic N) is 1. The molecule has 1 heterocycles. The number of nitrogens with one attached hydrogen (secondary N) is 1. The van der Waals surface area contributed by atoms with Gasteiger partial charge in [-0.1, -0.05) is 0 Å². The molecule has 2 nitrogen and oxygen atoms in total. The summed E-state index contributed by atoms with van der Waals surface area (Å²) in [7, 11) is 0. The van der Waals surface area contributed by atoms with E-state index in [-0.39, 0.29) is 12.3 Å². The van der Waals surface area contributed by atoms with E-state index in [4.69, 9.17) is 23.2 Å². The molecule has 0 aliphatic rings. The first kappa shape index (κ1) is 14.6. The van der Waals surface area contributed by atoms with Crippen LogP contribution in [0.15, 0.2) is 12.3 Å². The molecule has 7 heteroatoms. The molecule has 0 bridgehead atoms. The quantitative estimate of drug-likeness (QED) is 0.817. The van der Waals surface area contributed by atoms with Gasteiger partial charge < -0.3 is 0 Å². The van der Waals surface area contributed by atoms with E-state index in [0.29, 0.717) is 5.69 Å². The van der Waals surface area contributed by atoms with Crippen LogP contribution in [0.1, 0.15) is 25.0 Å². The molecule has 0 saturated carbocycles. The van der Waals surface area contributed by atoms with Gasteiger partial charge in [-0.15, -0.1) is 23.2 Å². The van der Waals surface area contributed by atoms with Crippen LogP contribution in [0.5, 0.6) is 0 Å². The fraction of sp³-hybridized carbons (Fsp3) is 0.700. The van der Waals surface area contributed by atoms with Crippen molar-refractivity contribution in [2.45, 2.75) is 30.8 Å². The van der Waals surface area contributed by atoms with Crippen LogP contribution in [0.2, 0.25) is 0 Å². The van der Waals surface area contributed by atoms with Crippen molar-refractivity contribution < 1.29 is 13.2 Å². The van der Waals surface area contributed by atoms with Crippen LogP contribution in [-0.2, 0) is 0 Å². The second kappa shape index (κ2) is 5.96. The molecule has 0 spiro atoms. The highest BCUT2D eigenvalue weighted by molar-refractivity contribution is 6.20. The maximum absolute atomic E-state index is 13.0. The number of hydrogen-bond donors (Lipinski definition) is 1. The molecule has 98 valence electrons. The third-order valence-electron chi connectivity index (χ3n) is 2.57. The van der Waals surface area contributed by atoms with Crippen LogP contribution in [0, 0.1) is 5.92 Å². The van der Waals surface area contributed by atoms with Gasteiger partial charge in [0.05, 0.1) is 5.92 Å². The van der Waals surface area contributed by atoms with Crippen LogP contribution in [0.25, 0.3) is 0 Å². The molecule has 17 heavy (non-hydrogen) atoms. The first-order valence-corrected chi connectivity index (χ1v) is 6.09. The summed E-state index contributed by atoms with van der Waals surface area (Å²) < 4.78 is 38.9. The average Bonchev–Trinajstić information content (AvgIpc) is 2.68. The van der Waals surface area contributed by atoms with Gasteiger partial charge >= 0.3 is 6.18 Å². The Bertz CT molecular complexity index is 325. The molecule has 1 aromatic rings. The molecular formula is C10H13Cl2F3N2. The van der Waals surface area contributed by atoms with Gasteiger partial charge in [-0.25, -0.2) is 0 Å². The Labute approximate surface area is 107 Å². The van der Waals surface area contributed by atoms with Crippen molar-refractivity contribution in [2.75, 3.05) is 5.88 Å². The maximum atomic E-state index is 13.0. The lowest BCUT2D eigenvalue weighted by atomic mass is 9.87. The number of halogens is 5. The van der Waals surface area contributed by atoms with E-state index in [2.05, 4.69) is 10.2 Å². The highest BCUT2D eigenvalue weighted by Crippen LogP contribution is 2.41. The lowest BCUT2D eigenvalue weighted by molar-refractivity contribution is -0.181. The Morgan fingerprint density at radius 1 is 1.47 bits per heavy atom. The first-order valence-electron chi connectivity index (χ1n) is 5.12. The van der Waals surface area contributed by atoms with Gasteiger partial charge in [0, 0.05) is 29.1 Å². The average molecular weight is 289 g/mol. The molecule has 3 unspecified atom stereocenters. The standard InChI is InChI=1S/C10H13Cl2F3N2/c1-6(12)4-8(10(13,14)15)7(5-11)9-2-3-16-17-9/h2-3,6-8H,4-5H2,1H3,(H,16,17). The molecule has 1 aromatic heterocycles. The summed E-state index contributed by atoms with van der Waals surface area (Å²) in [6.45, 7) is 1.54. The van der Waals surface area contributed by atoms with Crippen LogP contribution < -0.4 is 0 Å². The zero-order chi connectivity index (χ0) is 13.1. The van der Waals surface area contributed by atoms with E-state index in [1.807, 2.05) is 0 Å². The monoisotopic (exact) mass is 288 g/mol. The number of H-pyrrole nitrogens is 1. The zero-order valence-electron chi connectivity index (χ0n) is 9.14. The Morgan fingerprint density at radius 2 is 2.12 bits per heavy atom. The summed E-state index contributed by atoms with van der Waals surface area (Å²) in [5.74, 6) is -2.54. The number of aromatic amines is 1. The summed E-state index contributed by atoms with van der Waals surface area (Å²) in [5.41, 5.74) is 0.389. The number of alkyl halides is 5. The number of hydrogen-bond acceptors (Lipinski definition) is 1. The molecule has 1 rings (SSSR count). The molecule has 0 radical (unpaired) electrons. The van der Waals surface area contributed by atoms with Crippen LogP contribution in [0.4, 0.5) is 13.2 Å². The van der Waals surface area contributed by atoms with E-state index >= 15 is 0 Å². The summed E-state index contributed by atoms with van der Waals surface area (Å²) in [6.07, 6.45) is -3.08. The van der Waals surface area contributed by atoms with Crippen molar-refractivity contribution in [1.82, 2.24) is 10.2 Å². The minimum atomic E-state index is -4.33. The maximum Gasteiger partial charge on any atom is 0.392 e. The SMILES string of the molecule is CC(Cl)CC(C(CCl)c1ccn[nH]1)C(F)(F)F. The minimum absolute atomic E-state index is 0.129. The normalized spacial score (nSPS) is 17.8.